The van der Waals surface area contributed by atoms with Crippen LogP contribution in [0.1, 0.15) is 69.0 Å². The first-order valence-electron chi connectivity index (χ1n) is 13.7. The molecule has 0 spiro atoms. The van der Waals surface area contributed by atoms with Crippen molar-refractivity contribution in [3.63, 3.8) is 0 Å². The average molecular weight is 627 g/mol. The second kappa shape index (κ2) is 13.9. The number of amides is 1. The summed E-state index contributed by atoms with van der Waals surface area (Å²) in [6.45, 7) is 13.3. The number of benzene rings is 2. The minimum atomic E-state index is -3.47. The molecule has 0 bridgehead atoms. The van der Waals surface area contributed by atoms with Crippen LogP contribution in [0.15, 0.2) is 41.8 Å². The van der Waals surface area contributed by atoms with E-state index in [9.17, 15) is 18.3 Å². The third-order valence-electron chi connectivity index (χ3n) is 7.10. The van der Waals surface area contributed by atoms with Crippen molar-refractivity contribution >= 4 is 45.2 Å². The third-order valence-corrected chi connectivity index (χ3v) is 9.50. The lowest BCUT2D eigenvalue weighted by molar-refractivity contribution is 0.0130. The van der Waals surface area contributed by atoms with Crippen molar-refractivity contribution in [3.8, 4) is 0 Å². The standard InChI is InChI=1S/C30H41Cl2N3O5S/c1-7-20-14-21(28(36)33-17-22-15-23(31)11-12-27(22)41(38,39)8-2)16-26(32)25(20)19-35-13-9-10-24(18-35)34(6)29(37)40-30(3,4)5/h7,11-12,14-16,24,28,33,36H,1,8-10,13,17-19H2,2-6H3. The number of likely N-dealkylation sites (tertiary alicyclic amines) is 1. The van der Waals surface area contributed by atoms with Crippen LogP contribution in [0, 0.1) is 0 Å². The van der Waals surface area contributed by atoms with Crippen LogP contribution in [-0.4, -0.2) is 67.0 Å². The zero-order valence-corrected chi connectivity index (χ0v) is 26.7. The molecule has 11 heteroatoms. The van der Waals surface area contributed by atoms with Crippen molar-refractivity contribution < 1.29 is 23.1 Å². The molecule has 1 fully saturated rings. The van der Waals surface area contributed by atoms with E-state index in [2.05, 4.69) is 16.8 Å². The Bertz CT molecular complexity index is 1360. The van der Waals surface area contributed by atoms with Gasteiger partial charge < -0.3 is 14.7 Å². The maximum Gasteiger partial charge on any atom is 0.410 e. The SMILES string of the molecule is C=Cc1cc(C(O)NCc2cc(Cl)ccc2S(=O)(=O)CC)cc(Cl)c1CN1CCCC(N(C)C(=O)OC(C)(C)C)C1. The van der Waals surface area contributed by atoms with Gasteiger partial charge in [-0.05, 0) is 92.7 Å². The molecule has 0 saturated carbocycles. The number of halogens is 2. The van der Waals surface area contributed by atoms with Crippen LogP contribution in [0.4, 0.5) is 4.79 Å². The number of sulfone groups is 1. The van der Waals surface area contributed by atoms with Crippen LogP contribution in [0.25, 0.3) is 6.08 Å². The first kappa shape index (κ1) is 33.4. The number of carbonyl (C=O) groups excluding carboxylic acids is 1. The van der Waals surface area contributed by atoms with Gasteiger partial charge in [-0.3, -0.25) is 10.2 Å². The summed E-state index contributed by atoms with van der Waals surface area (Å²) in [5.74, 6) is -0.0427. The molecule has 2 aromatic carbocycles. The van der Waals surface area contributed by atoms with Crippen molar-refractivity contribution in [3.05, 3.63) is 69.2 Å². The van der Waals surface area contributed by atoms with E-state index >= 15 is 0 Å². The molecule has 1 heterocycles. The van der Waals surface area contributed by atoms with Gasteiger partial charge in [-0.25, -0.2) is 13.2 Å². The van der Waals surface area contributed by atoms with Gasteiger partial charge in [-0.15, -0.1) is 0 Å². The highest BCUT2D eigenvalue weighted by Gasteiger charge is 2.30. The number of nitrogens with one attached hydrogen (secondary N) is 1. The van der Waals surface area contributed by atoms with E-state index in [0.29, 0.717) is 34.3 Å². The van der Waals surface area contributed by atoms with Crippen molar-refractivity contribution in [2.75, 3.05) is 25.9 Å². The van der Waals surface area contributed by atoms with E-state index < -0.39 is 21.7 Å². The highest BCUT2D eigenvalue weighted by Crippen LogP contribution is 2.30. The maximum atomic E-state index is 12.6. The molecule has 2 N–H and O–H groups in total. The molecular formula is C30H41Cl2N3O5S. The molecule has 41 heavy (non-hydrogen) atoms. The number of hydrogen-bond acceptors (Lipinski definition) is 7. The lowest BCUT2D eigenvalue weighted by atomic mass is 9.99. The van der Waals surface area contributed by atoms with Gasteiger partial charge in [0, 0.05) is 42.8 Å². The number of carbonyl (C=O) groups is 1. The lowest BCUT2D eigenvalue weighted by Crippen LogP contribution is -2.49. The van der Waals surface area contributed by atoms with E-state index in [4.69, 9.17) is 27.9 Å². The highest BCUT2D eigenvalue weighted by atomic mass is 35.5. The van der Waals surface area contributed by atoms with Crippen molar-refractivity contribution in [2.45, 2.75) is 76.4 Å². The first-order valence-corrected chi connectivity index (χ1v) is 16.1. The molecule has 2 aromatic rings. The summed E-state index contributed by atoms with van der Waals surface area (Å²) in [7, 11) is -1.69. The van der Waals surface area contributed by atoms with Crippen molar-refractivity contribution in [1.82, 2.24) is 15.1 Å². The molecule has 3 rings (SSSR count). The number of piperidine rings is 1. The molecule has 0 radical (unpaired) electrons. The van der Waals surface area contributed by atoms with Gasteiger partial charge in [0.15, 0.2) is 9.84 Å². The number of nitrogens with zero attached hydrogens (tertiary/aromatic N) is 2. The minimum Gasteiger partial charge on any atom is -0.444 e. The van der Waals surface area contributed by atoms with E-state index in [0.717, 1.165) is 30.5 Å². The minimum absolute atomic E-state index is 0.0164. The van der Waals surface area contributed by atoms with Crippen molar-refractivity contribution in [2.24, 2.45) is 0 Å². The second-order valence-electron chi connectivity index (χ2n) is 11.3. The Labute approximate surface area is 254 Å². The summed E-state index contributed by atoms with van der Waals surface area (Å²) in [5.41, 5.74) is 2.10. The average Bonchev–Trinajstić information content (AvgIpc) is 2.91. The van der Waals surface area contributed by atoms with E-state index in [1.165, 1.54) is 6.07 Å². The topological polar surface area (TPSA) is 99.2 Å². The summed E-state index contributed by atoms with van der Waals surface area (Å²) in [5, 5.41) is 14.8. The predicted molar refractivity (Wildman–Crippen MR) is 165 cm³/mol. The largest absolute Gasteiger partial charge is 0.444 e. The molecule has 1 saturated heterocycles. The number of rotatable bonds is 10. The maximum absolute atomic E-state index is 12.6. The fraction of sp³-hybridized carbons (Fsp3) is 0.500. The van der Waals surface area contributed by atoms with Gasteiger partial charge in [0.05, 0.1) is 10.6 Å². The third kappa shape index (κ3) is 8.92. The molecule has 2 atom stereocenters. The van der Waals surface area contributed by atoms with Gasteiger partial charge in [-0.2, -0.15) is 0 Å². The molecule has 0 aromatic heterocycles. The highest BCUT2D eigenvalue weighted by molar-refractivity contribution is 7.91. The van der Waals surface area contributed by atoms with Gasteiger partial charge in [0.1, 0.15) is 11.8 Å². The number of hydrogen-bond donors (Lipinski definition) is 2. The van der Waals surface area contributed by atoms with E-state index in [-0.39, 0.29) is 29.3 Å². The Morgan fingerprint density at radius 1 is 1.29 bits per heavy atom. The molecule has 1 amide bonds. The summed E-state index contributed by atoms with van der Waals surface area (Å²) < 4.78 is 30.6. The molecule has 0 aliphatic carbocycles. The fourth-order valence-electron chi connectivity index (χ4n) is 4.85. The Morgan fingerprint density at radius 2 is 2.00 bits per heavy atom. The zero-order chi connectivity index (χ0) is 30.5. The van der Waals surface area contributed by atoms with Gasteiger partial charge in [0.2, 0.25) is 0 Å². The monoisotopic (exact) mass is 625 g/mol. The molecular weight excluding hydrogens is 585 g/mol. The normalized spacial score (nSPS) is 17.2. The summed E-state index contributed by atoms with van der Waals surface area (Å²) in [4.78, 5) is 16.7. The Balaban J connectivity index is 1.73. The number of ether oxygens (including phenoxy) is 1. The Morgan fingerprint density at radius 3 is 2.63 bits per heavy atom. The summed E-state index contributed by atoms with van der Waals surface area (Å²) >= 11 is 12.9. The lowest BCUT2D eigenvalue weighted by Gasteiger charge is -2.38. The van der Waals surface area contributed by atoms with Crippen LogP contribution in [0.2, 0.25) is 10.0 Å². The number of likely N-dealkylation sites (N-methyl/N-ethyl adjacent to an activating group) is 1. The van der Waals surface area contributed by atoms with Crippen LogP contribution in [0.3, 0.4) is 0 Å². The number of aliphatic hydroxyl groups is 1. The fourth-order valence-corrected chi connectivity index (χ4v) is 6.46. The molecule has 226 valence electrons. The summed E-state index contributed by atoms with van der Waals surface area (Å²) in [6.07, 6.45) is 2.07. The van der Waals surface area contributed by atoms with Crippen LogP contribution in [0.5, 0.6) is 0 Å². The smallest absolute Gasteiger partial charge is 0.410 e. The Hall–Kier alpha value is -2.14. The molecule has 2 unspecified atom stereocenters. The molecule has 1 aliphatic rings. The van der Waals surface area contributed by atoms with Crippen molar-refractivity contribution in [1.29, 1.82) is 0 Å². The zero-order valence-electron chi connectivity index (χ0n) is 24.4. The second-order valence-corrected chi connectivity index (χ2v) is 14.4. The number of aliphatic hydroxyl groups excluding tert-OH is 1. The summed E-state index contributed by atoms with van der Waals surface area (Å²) in [6, 6.07) is 8.16. The van der Waals surface area contributed by atoms with E-state index in [1.807, 2.05) is 26.8 Å². The Kier molecular flexibility index (Phi) is 11.3. The quantitative estimate of drug-likeness (QED) is 0.310. The van der Waals surface area contributed by atoms with E-state index in [1.54, 1.807) is 43.1 Å². The molecule has 8 nitrogen and oxygen atoms in total. The van der Waals surface area contributed by atoms with Gasteiger partial charge in [-0.1, -0.05) is 42.8 Å². The predicted octanol–water partition coefficient (Wildman–Crippen LogP) is 6.04. The molecule has 1 aliphatic heterocycles. The van der Waals surface area contributed by atoms with Gasteiger partial charge >= 0.3 is 6.09 Å². The van der Waals surface area contributed by atoms with Crippen LogP contribution >= 0.6 is 23.2 Å². The van der Waals surface area contributed by atoms with Crippen LogP contribution in [-0.2, 0) is 27.7 Å². The first-order chi connectivity index (χ1) is 19.1. The van der Waals surface area contributed by atoms with Crippen LogP contribution < -0.4 is 5.32 Å². The van der Waals surface area contributed by atoms with Gasteiger partial charge in [0.25, 0.3) is 0 Å².